The van der Waals surface area contributed by atoms with Crippen LogP contribution in [-0.4, -0.2) is 7.11 Å². The van der Waals surface area contributed by atoms with Gasteiger partial charge in [-0.05, 0) is 72.8 Å². The van der Waals surface area contributed by atoms with Gasteiger partial charge in [0.1, 0.15) is 5.75 Å². The molecule has 0 bridgehead atoms. The van der Waals surface area contributed by atoms with Gasteiger partial charge in [-0.15, -0.1) is 0 Å². The molecule has 0 aliphatic heterocycles. The average molecular weight is 312 g/mol. The fraction of sp³-hybridized carbons (Fsp3) is 0.636. The van der Waals surface area contributed by atoms with Gasteiger partial charge in [-0.3, -0.25) is 0 Å². The van der Waals surface area contributed by atoms with Gasteiger partial charge in [0.05, 0.1) is 7.11 Å². The van der Waals surface area contributed by atoms with Crippen molar-refractivity contribution in [2.24, 2.45) is 22.7 Å². The molecule has 0 radical (unpaired) electrons. The highest BCUT2D eigenvalue weighted by molar-refractivity contribution is 5.35. The molecule has 1 nitrogen and oxygen atoms in total. The second-order valence-corrected chi connectivity index (χ2v) is 8.40. The van der Waals surface area contributed by atoms with Crippen LogP contribution in [0.3, 0.4) is 0 Å². The van der Waals surface area contributed by atoms with Crippen LogP contribution in [0.15, 0.2) is 36.4 Å². The van der Waals surface area contributed by atoms with Crippen molar-refractivity contribution in [2.45, 2.75) is 59.3 Å². The summed E-state index contributed by atoms with van der Waals surface area (Å²) in [6, 6.07) is 8.57. The highest BCUT2D eigenvalue weighted by Gasteiger charge is 2.53. The maximum Gasteiger partial charge on any atom is 0.122 e. The summed E-state index contributed by atoms with van der Waals surface area (Å²) < 4.78 is 5.63. The molecule has 23 heavy (non-hydrogen) atoms. The normalized spacial score (nSPS) is 37.3. The largest absolute Gasteiger partial charge is 0.496 e. The number of benzene rings is 1. The number of hydrogen-bond acceptors (Lipinski definition) is 1. The lowest BCUT2D eigenvalue weighted by Gasteiger charge is -2.59. The Kier molecular flexibility index (Phi) is 4.33. The van der Waals surface area contributed by atoms with Crippen LogP contribution in [0.25, 0.3) is 0 Å². The van der Waals surface area contributed by atoms with E-state index in [1.807, 2.05) is 0 Å². The molecule has 2 saturated carbocycles. The minimum atomic E-state index is 0.324. The molecule has 0 aromatic heterocycles. The highest BCUT2D eigenvalue weighted by atomic mass is 16.5. The molecule has 3 rings (SSSR count). The fourth-order valence-corrected chi connectivity index (χ4v) is 5.52. The van der Waals surface area contributed by atoms with Crippen molar-refractivity contribution in [3.8, 4) is 5.75 Å². The van der Waals surface area contributed by atoms with E-state index in [-0.39, 0.29) is 0 Å². The molecule has 1 aromatic rings. The van der Waals surface area contributed by atoms with Crippen LogP contribution < -0.4 is 4.74 Å². The molecule has 1 heteroatoms. The third kappa shape index (κ3) is 2.62. The van der Waals surface area contributed by atoms with Gasteiger partial charge in [-0.2, -0.15) is 0 Å². The van der Waals surface area contributed by atoms with E-state index < -0.39 is 0 Å². The second kappa shape index (κ2) is 6.00. The molecule has 0 spiro atoms. The number of para-hydroxylation sites is 1. The third-order valence-electron chi connectivity index (χ3n) is 7.33. The minimum absolute atomic E-state index is 0.324. The minimum Gasteiger partial charge on any atom is -0.496 e. The van der Waals surface area contributed by atoms with E-state index >= 15 is 0 Å². The molecule has 1 aromatic carbocycles. The zero-order valence-electron chi connectivity index (χ0n) is 15.3. The number of allylic oxidation sites excluding steroid dienone is 1. The number of fused-ring (bicyclic) bond motifs is 1. The molecule has 0 unspecified atom stereocenters. The summed E-state index contributed by atoms with van der Waals surface area (Å²) in [5, 5.41) is 0. The summed E-state index contributed by atoms with van der Waals surface area (Å²) in [7, 11) is 1.79. The van der Waals surface area contributed by atoms with Gasteiger partial charge < -0.3 is 4.74 Å². The molecule has 0 saturated heterocycles. The van der Waals surface area contributed by atoms with Gasteiger partial charge in [0.15, 0.2) is 0 Å². The third-order valence-corrected chi connectivity index (χ3v) is 7.33. The lowest BCUT2D eigenvalue weighted by atomic mass is 9.46. The summed E-state index contributed by atoms with van der Waals surface area (Å²) in [5.74, 6) is 2.53. The maximum absolute atomic E-state index is 5.63. The Balaban J connectivity index is 1.98. The molecule has 0 heterocycles. The van der Waals surface area contributed by atoms with Gasteiger partial charge in [-0.25, -0.2) is 0 Å². The molecular weight excluding hydrogens is 280 g/mol. The lowest BCUT2D eigenvalue weighted by Crippen LogP contribution is -2.51. The maximum atomic E-state index is 5.63. The quantitative estimate of drug-likeness (QED) is 0.619. The van der Waals surface area contributed by atoms with E-state index in [4.69, 9.17) is 4.74 Å². The predicted molar refractivity (Wildman–Crippen MR) is 97.8 cm³/mol. The number of methoxy groups -OCH3 is 1. The Morgan fingerprint density at radius 1 is 1.22 bits per heavy atom. The van der Waals surface area contributed by atoms with Crippen LogP contribution in [0.2, 0.25) is 0 Å². The topological polar surface area (TPSA) is 9.23 Å². The molecule has 2 fully saturated rings. The smallest absolute Gasteiger partial charge is 0.122 e. The van der Waals surface area contributed by atoms with Crippen LogP contribution >= 0.6 is 0 Å². The van der Waals surface area contributed by atoms with Gasteiger partial charge >= 0.3 is 0 Å². The predicted octanol–water partition coefficient (Wildman–Crippen LogP) is 6.04. The van der Waals surface area contributed by atoms with Gasteiger partial charge in [0.2, 0.25) is 0 Å². The molecular formula is C22H32O. The van der Waals surface area contributed by atoms with Crippen LogP contribution in [0.4, 0.5) is 0 Å². The van der Waals surface area contributed by atoms with E-state index in [1.54, 1.807) is 7.11 Å². The van der Waals surface area contributed by atoms with Crippen LogP contribution in [0.1, 0.15) is 58.4 Å². The zero-order valence-corrected chi connectivity index (χ0v) is 15.3. The van der Waals surface area contributed by atoms with E-state index in [0.29, 0.717) is 10.8 Å². The molecule has 4 atom stereocenters. The summed E-state index contributed by atoms with van der Waals surface area (Å²) >= 11 is 0. The summed E-state index contributed by atoms with van der Waals surface area (Å²) in [5.41, 5.74) is 3.53. The van der Waals surface area contributed by atoms with E-state index in [9.17, 15) is 0 Å². The van der Waals surface area contributed by atoms with Crippen LogP contribution in [0.5, 0.6) is 5.75 Å². The summed E-state index contributed by atoms with van der Waals surface area (Å²) in [4.78, 5) is 0. The van der Waals surface area contributed by atoms with Crippen molar-refractivity contribution in [2.75, 3.05) is 7.11 Å². The van der Waals surface area contributed by atoms with Crippen molar-refractivity contribution >= 4 is 0 Å². The van der Waals surface area contributed by atoms with Crippen molar-refractivity contribution in [3.63, 3.8) is 0 Å². The number of hydrogen-bond donors (Lipinski definition) is 0. The molecule has 0 amide bonds. The molecule has 2 aliphatic rings. The highest BCUT2D eigenvalue weighted by Crippen LogP contribution is 2.62. The summed E-state index contributed by atoms with van der Waals surface area (Å²) in [6.45, 7) is 12.0. The summed E-state index contributed by atoms with van der Waals surface area (Å²) in [6.07, 6.45) is 7.65. The van der Waals surface area contributed by atoms with E-state index in [0.717, 1.165) is 24.0 Å². The fourth-order valence-electron chi connectivity index (χ4n) is 5.52. The van der Waals surface area contributed by atoms with Gasteiger partial charge in [-0.1, -0.05) is 51.1 Å². The zero-order chi connectivity index (χ0) is 16.7. The van der Waals surface area contributed by atoms with Crippen LogP contribution in [0, 0.1) is 22.7 Å². The van der Waals surface area contributed by atoms with Gasteiger partial charge in [0.25, 0.3) is 0 Å². The SMILES string of the molecule is C=C1CCC[C@H]2[C@](C)(Cc3ccccc3OC)[C@@H](C)CC[C@]12C. The molecule has 126 valence electrons. The standard InChI is InChI=1S/C22H32O/c1-16-9-8-12-20-21(16,3)14-13-17(2)22(20,4)15-18-10-6-7-11-19(18)23-5/h6-7,10-11,17,20H,1,8-9,12-15H2,2-5H3/t17-,20+,21+,22+/m0/s1. The monoisotopic (exact) mass is 312 g/mol. The van der Waals surface area contributed by atoms with Gasteiger partial charge in [0, 0.05) is 0 Å². The first-order chi connectivity index (χ1) is 10.9. The van der Waals surface area contributed by atoms with E-state index in [2.05, 4.69) is 51.6 Å². The lowest BCUT2D eigenvalue weighted by molar-refractivity contribution is -0.0491. The average Bonchev–Trinajstić information content (AvgIpc) is 2.54. The Morgan fingerprint density at radius 3 is 2.70 bits per heavy atom. The van der Waals surface area contributed by atoms with Crippen molar-refractivity contribution < 1.29 is 4.74 Å². The van der Waals surface area contributed by atoms with E-state index in [1.165, 1.54) is 43.2 Å². The Hall–Kier alpha value is -1.24. The van der Waals surface area contributed by atoms with Crippen molar-refractivity contribution in [3.05, 3.63) is 42.0 Å². The Bertz CT molecular complexity index is 589. The first-order valence-corrected chi connectivity index (χ1v) is 9.22. The molecule has 0 N–H and O–H groups in total. The Labute approximate surface area is 142 Å². The number of rotatable bonds is 3. The first kappa shape index (κ1) is 16.6. The van der Waals surface area contributed by atoms with Crippen molar-refractivity contribution in [1.82, 2.24) is 0 Å². The van der Waals surface area contributed by atoms with Crippen LogP contribution in [-0.2, 0) is 6.42 Å². The van der Waals surface area contributed by atoms with Crippen molar-refractivity contribution in [1.29, 1.82) is 0 Å². The number of ether oxygens (including phenoxy) is 1. The second-order valence-electron chi connectivity index (χ2n) is 8.40. The first-order valence-electron chi connectivity index (χ1n) is 9.22. The molecule has 2 aliphatic carbocycles. The Morgan fingerprint density at radius 2 is 1.96 bits per heavy atom.